The first-order chi connectivity index (χ1) is 10.3. The standard InChI is InChI=1S/C16H18N2O2S/c19-16(20-18-9-5-2-6-10-18)17-15-12-21-11-14(15)13-7-3-1-4-8-13/h1,3-4,7-8,11-12H,2,5-6,9-10H2,(H,17,19). The normalized spacial score (nSPS) is 15.6. The molecule has 4 nitrogen and oxygen atoms in total. The number of hydrogen-bond acceptors (Lipinski definition) is 4. The fourth-order valence-electron chi connectivity index (χ4n) is 2.44. The monoisotopic (exact) mass is 302 g/mol. The lowest BCUT2D eigenvalue weighted by Gasteiger charge is -2.24. The summed E-state index contributed by atoms with van der Waals surface area (Å²) < 4.78 is 0. The Morgan fingerprint density at radius 1 is 1.10 bits per heavy atom. The highest BCUT2D eigenvalue weighted by Crippen LogP contribution is 2.31. The fraction of sp³-hybridized carbons (Fsp3) is 0.312. The van der Waals surface area contributed by atoms with E-state index in [9.17, 15) is 4.79 Å². The molecule has 5 heteroatoms. The summed E-state index contributed by atoms with van der Waals surface area (Å²) in [5.74, 6) is 0. The Morgan fingerprint density at radius 3 is 2.62 bits per heavy atom. The molecule has 0 saturated carbocycles. The number of benzene rings is 1. The minimum atomic E-state index is -0.410. The molecule has 1 fully saturated rings. The number of amides is 1. The molecule has 1 saturated heterocycles. The molecule has 1 amide bonds. The van der Waals surface area contributed by atoms with Crippen molar-refractivity contribution < 1.29 is 9.63 Å². The SMILES string of the molecule is O=C(Nc1cscc1-c1ccccc1)ON1CCCCC1. The maximum atomic E-state index is 12.0. The van der Waals surface area contributed by atoms with E-state index in [2.05, 4.69) is 5.32 Å². The Bertz CT molecular complexity index is 591. The number of nitrogens with zero attached hydrogens (tertiary/aromatic N) is 1. The summed E-state index contributed by atoms with van der Waals surface area (Å²) in [5.41, 5.74) is 2.91. The Balaban J connectivity index is 1.65. The van der Waals surface area contributed by atoms with Gasteiger partial charge in [0, 0.05) is 29.4 Å². The first-order valence-electron chi connectivity index (χ1n) is 7.18. The highest BCUT2D eigenvalue weighted by atomic mass is 32.1. The van der Waals surface area contributed by atoms with Crippen LogP contribution in [0.4, 0.5) is 10.5 Å². The lowest BCUT2D eigenvalue weighted by atomic mass is 10.1. The highest BCUT2D eigenvalue weighted by Gasteiger charge is 2.16. The molecule has 1 N–H and O–H groups in total. The summed E-state index contributed by atoms with van der Waals surface area (Å²) in [7, 11) is 0. The Hall–Kier alpha value is -1.85. The predicted molar refractivity (Wildman–Crippen MR) is 85.3 cm³/mol. The van der Waals surface area contributed by atoms with Gasteiger partial charge in [-0.05, 0) is 18.4 Å². The van der Waals surface area contributed by atoms with Crippen molar-refractivity contribution >= 4 is 23.1 Å². The van der Waals surface area contributed by atoms with Crippen LogP contribution >= 0.6 is 11.3 Å². The number of anilines is 1. The van der Waals surface area contributed by atoms with Crippen molar-refractivity contribution in [1.29, 1.82) is 0 Å². The van der Waals surface area contributed by atoms with Crippen LogP contribution in [-0.2, 0) is 4.84 Å². The number of piperidine rings is 1. The van der Waals surface area contributed by atoms with Crippen LogP contribution in [0.3, 0.4) is 0 Å². The summed E-state index contributed by atoms with van der Waals surface area (Å²) in [6.07, 6.45) is 2.97. The summed E-state index contributed by atoms with van der Waals surface area (Å²) in [5, 5.41) is 8.55. The zero-order chi connectivity index (χ0) is 14.5. The number of carbonyl (C=O) groups excluding carboxylic acids is 1. The maximum Gasteiger partial charge on any atom is 0.430 e. The largest absolute Gasteiger partial charge is 0.430 e. The number of carbonyl (C=O) groups is 1. The van der Waals surface area contributed by atoms with E-state index in [0.29, 0.717) is 0 Å². The quantitative estimate of drug-likeness (QED) is 0.915. The van der Waals surface area contributed by atoms with E-state index in [0.717, 1.165) is 42.7 Å². The van der Waals surface area contributed by atoms with Gasteiger partial charge in [-0.25, -0.2) is 4.79 Å². The van der Waals surface area contributed by atoms with Crippen molar-refractivity contribution in [3.8, 4) is 11.1 Å². The Morgan fingerprint density at radius 2 is 1.86 bits per heavy atom. The average Bonchev–Trinajstić information content (AvgIpc) is 2.97. The van der Waals surface area contributed by atoms with E-state index >= 15 is 0 Å². The van der Waals surface area contributed by atoms with Crippen LogP contribution in [0.15, 0.2) is 41.1 Å². The van der Waals surface area contributed by atoms with Crippen molar-refractivity contribution in [2.75, 3.05) is 18.4 Å². The van der Waals surface area contributed by atoms with Gasteiger partial charge >= 0.3 is 6.09 Å². The number of nitrogens with one attached hydrogen (secondary N) is 1. The third kappa shape index (κ3) is 3.62. The zero-order valence-electron chi connectivity index (χ0n) is 11.7. The molecule has 21 heavy (non-hydrogen) atoms. The minimum Gasteiger partial charge on any atom is -0.351 e. The highest BCUT2D eigenvalue weighted by molar-refractivity contribution is 7.08. The van der Waals surface area contributed by atoms with Gasteiger partial charge in [-0.1, -0.05) is 36.8 Å². The Labute approximate surface area is 128 Å². The van der Waals surface area contributed by atoms with E-state index in [1.807, 2.05) is 41.1 Å². The van der Waals surface area contributed by atoms with E-state index in [4.69, 9.17) is 4.84 Å². The molecule has 3 rings (SSSR count). The predicted octanol–water partition coefficient (Wildman–Crippen LogP) is 4.36. The van der Waals surface area contributed by atoms with E-state index in [1.54, 1.807) is 16.4 Å². The van der Waals surface area contributed by atoms with Gasteiger partial charge in [-0.2, -0.15) is 0 Å². The van der Waals surface area contributed by atoms with Crippen molar-refractivity contribution in [1.82, 2.24) is 5.06 Å². The van der Waals surface area contributed by atoms with E-state index < -0.39 is 6.09 Å². The lowest BCUT2D eigenvalue weighted by Crippen LogP contribution is -2.34. The molecule has 0 aliphatic carbocycles. The average molecular weight is 302 g/mol. The summed E-state index contributed by atoms with van der Waals surface area (Å²) >= 11 is 1.57. The smallest absolute Gasteiger partial charge is 0.351 e. The number of hydroxylamine groups is 2. The van der Waals surface area contributed by atoms with Gasteiger partial charge in [0.15, 0.2) is 0 Å². The van der Waals surface area contributed by atoms with Gasteiger partial charge in [0.2, 0.25) is 0 Å². The summed E-state index contributed by atoms with van der Waals surface area (Å²) in [4.78, 5) is 17.3. The minimum absolute atomic E-state index is 0.410. The van der Waals surface area contributed by atoms with Gasteiger partial charge in [-0.3, -0.25) is 5.32 Å². The second-order valence-corrected chi connectivity index (χ2v) is 5.80. The van der Waals surface area contributed by atoms with Crippen LogP contribution in [0.1, 0.15) is 19.3 Å². The molecular formula is C16H18N2O2S. The third-order valence-corrected chi connectivity index (χ3v) is 4.25. The van der Waals surface area contributed by atoms with Crippen LogP contribution in [0.2, 0.25) is 0 Å². The first kappa shape index (κ1) is 14.1. The fourth-order valence-corrected chi connectivity index (χ4v) is 3.23. The Kier molecular flexibility index (Phi) is 4.52. The molecule has 2 heterocycles. The molecule has 1 aliphatic heterocycles. The summed E-state index contributed by atoms with van der Waals surface area (Å²) in [6, 6.07) is 10.0. The van der Waals surface area contributed by atoms with Gasteiger partial charge in [0.05, 0.1) is 5.69 Å². The molecule has 110 valence electrons. The van der Waals surface area contributed by atoms with Gasteiger partial charge in [0.1, 0.15) is 0 Å². The molecule has 1 aromatic carbocycles. The number of hydrogen-bond donors (Lipinski definition) is 1. The molecule has 1 aromatic heterocycles. The van der Waals surface area contributed by atoms with Gasteiger partial charge < -0.3 is 4.84 Å². The first-order valence-corrected chi connectivity index (χ1v) is 8.13. The van der Waals surface area contributed by atoms with E-state index in [-0.39, 0.29) is 0 Å². The topological polar surface area (TPSA) is 41.6 Å². The zero-order valence-corrected chi connectivity index (χ0v) is 12.6. The van der Waals surface area contributed by atoms with Gasteiger partial charge in [0.25, 0.3) is 0 Å². The van der Waals surface area contributed by atoms with Crippen LogP contribution in [0, 0.1) is 0 Å². The third-order valence-electron chi connectivity index (χ3n) is 3.51. The molecule has 0 bridgehead atoms. The number of thiophene rings is 1. The van der Waals surface area contributed by atoms with E-state index in [1.165, 1.54) is 6.42 Å². The second kappa shape index (κ2) is 6.74. The maximum absolute atomic E-state index is 12.0. The molecular weight excluding hydrogens is 284 g/mol. The number of rotatable bonds is 3. The van der Waals surface area contributed by atoms with Crippen molar-refractivity contribution in [2.24, 2.45) is 0 Å². The molecule has 0 atom stereocenters. The van der Waals surface area contributed by atoms with Crippen molar-refractivity contribution in [3.05, 3.63) is 41.1 Å². The molecule has 0 radical (unpaired) electrons. The molecule has 0 spiro atoms. The lowest BCUT2D eigenvalue weighted by molar-refractivity contribution is -0.105. The summed E-state index contributed by atoms with van der Waals surface area (Å²) in [6.45, 7) is 1.64. The molecule has 2 aromatic rings. The van der Waals surface area contributed by atoms with Crippen LogP contribution in [-0.4, -0.2) is 24.2 Å². The van der Waals surface area contributed by atoms with Crippen LogP contribution in [0.5, 0.6) is 0 Å². The van der Waals surface area contributed by atoms with Crippen LogP contribution < -0.4 is 5.32 Å². The van der Waals surface area contributed by atoms with Crippen molar-refractivity contribution in [3.63, 3.8) is 0 Å². The molecule has 1 aliphatic rings. The van der Waals surface area contributed by atoms with Crippen molar-refractivity contribution in [2.45, 2.75) is 19.3 Å². The van der Waals surface area contributed by atoms with Gasteiger partial charge in [-0.15, -0.1) is 16.4 Å². The second-order valence-electron chi connectivity index (χ2n) is 5.06. The molecule has 0 unspecified atom stereocenters. The van der Waals surface area contributed by atoms with Crippen LogP contribution in [0.25, 0.3) is 11.1 Å².